The molecule has 0 unspecified atom stereocenters. The van der Waals surface area contributed by atoms with Gasteiger partial charge in [0.1, 0.15) is 17.3 Å². The summed E-state index contributed by atoms with van der Waals surface area (Å²) >= 11 is 0. The second-order valence-electron chi connectivity index (χ2n) is 8.62. The number of piperazine rings is 1. The van der Waals surface area contributed by atoms with Gasteiger partial charge in [-0.15, -0.1) is 0 Å². The summed E-state index contributed by atoms with van der Waals surface area (Å²) in [6.45, 7) is 2.89. The fourth-order valence-electron chi connectivity index (χ4n) is 3.84. The van der Waals surface area contributed by atoms with E-state index in [1.165, 1.54) is 39.4 Å². The number of carbonyl (C=O) groups is 1. The lowest BCUT2D eigenvalue weighted by Gasteiger charge is -2.34. The second-order valence-corrected chi connectivity index (χ2v) is 12.3. The molecule has 3 aromatic rings. The normalized spacial score (nSPS) is 14.6. The molecule has 1 aliphatic rings. The van der Waals surface area contributed by atoms with Gasteiger partial charge in [0.25, 0.3) is 5.91 Å². The summed E-state index contributed by atoms with van der Waals surface area (Å²) in [7, 11) is -5.91. The summed E-state index contributed by atoms with van der Waals surface area (Å²) in [5, 5.41) is 15.7. The zero-order valence-corrected chi connectivity index (χ0v) is 22.4. The average Bonchev–Trinajstić information content (AvgIpc) is 3.22. The number of hydrogen-bond donors (Lipinski definition) is 2. The minimum absolute atomic E-state index is 0.00646. The van der Waals surface area contributed by atoms with Gasteiger partial charge in [-0.25, -0.2) is 26.8 Å². The van der Waals surface area contributed by atoms with Crippen LogP contribution in [0.4, 0.5) is 17.5 Å². The Morgan fingerprint density at radius 3 is 2.32 bits per heavy atom. The van der Waals surface area contributed by atoms with Crippen molar-refractivity contribution in [3.05, 3.63) is 53.5 Å². The number of hydrogen-bond acceptors (Lipinski definition) is 10. The van der Waals surface area contributed by atoms with Gasteiger partial charge in [-0.2, -0.15) is 14.7 Å². The number of nitrogens with zero attached hydrogens (tertiary/aromatic N) is 7. The van der Waals surface area contributed by atoms with Crippen molar-refractivity contribution in [2.24, 2.45) is 7.05 Å². The van der Waals surface area contributed by atoms with Crippen molar-refractivity contribution in [2.45, 2.75) is 11.8 Å². The molecule has 0 aliphatic carbocycles. The Kier molecular flexibility index (Phi) is 7.35. The first kappa shape index (κ1) is 27.0. The number of benzene rings is 1. The van der Waals surface area contributed by atoms with Crippen molar-refractivity contribution in [2.75, 3.05) is 47.4 Å². The number of carbonyl (C=O) groups excluding carboxylic acids is 1. The van der Waals surface area contributed by atoms with E-state index >= 15 is 0 Å². The Balaban J connectivity index is 1.42. The van der Waals surface area contributed by atoms with E-state index in [1.54, 1.807) is 20.0 Å². The molecule has 2 N–H and O–H groups in total. The lowest BCUT2D eigenvalue weighted by atomic mass is 10.2. The molecule has 2 aromatic heterocycles. The molecule has 0 atom stereocenters. The van der Waals surface area contributed by atoms with Crippen molar-refractivity contribution in [3.8, 4) is 6.07 Å². The molecule has 38 heavy (non-hydrogen) atoms. The molecule has 1 aromatic carbocycles. The highest BCUT2D eigenvalue weighted by Gasteiger charge is 2.29. The molecule has 0 saturated carbocycles. The Morgan fingerprint density at radius 1 is 1.05 bits per heavy atom. The first-order chi connectivity index (χ1) is 17.9. The Bertz CT molecular complexity index is 1620. The van der Waals surface area contributed by atoms with Crippen LogP contribution >= 0.6 is 0 Å². The Labute approximate surface area is 220 Å². The predicted molar refractivity (Wildman–Crippen MR) is 139 cm³/mol. The third kappa shape index (κ3) is 6.07. The van der Waals surface area contributed by atoms with E-state index in [-0.39, 0.29) is 35.1 Å². The number of sulfonamides is 2. The fraction of sp³-hybridized carbons (Fsp3) is 0.318. The minimum atomic E-state index is -3.80. The van der Waals surface area contributed by atoms with Crippen LogP contribution in [0.3, 0.4) is 0 Å². The largest absolute Gasteiger partial charge is 0.338 e. The maximum atomic E-state index is 13.2. The maximum Gasteiger partial charge on any atom is 0.261 e. The van der Waals surface area contributed by atoms with Crippen LogP contribution in [0.2, 0.25) is 0 Å². The molecule has 1 fully saturated rings. The number of anilines is 3. The number of nitriles is 1. The number of rotatable bonds is 7. The van der Waals surface area contributed by atoms with Gasteiger partial charge in [0.15, 0.2) is 5.82 Å². The fourth-order valence-corrected chi connectivity index (χ4v) is 5.77. The van der Waals surface area contributed by atoms with Gasteiger partial charge < -0.3 is 10.2 Å². The van der Waals surface area contributed by atoms with Crippen molar-refractivity contribution < 1.29 is 21.6 Å². The van der Waals surface area contributed by atoms with E-state index in [9.17, 15) is 21.6 Å². The molecule has 200 valence electrons. The highest BCUT2D eigenvalue weighted by molar-refractivity contribution is 7.92. The van der Waals surface area contributed by atoms with Gasteiger partial charge in [0.2, 0.25) is 26.0 Å². The maximum absolute atomic E-state index is 13.2. The average molecular weight is 560 g/mol. The van der Waals surface area contributed by atoms with Crippen molar-refractivity contribution in [3.63, 3.8) is 0 Å². The summed E-state index contributed by atoms with van der Waals surface area (Å²) in [6.07, 6.45) is 2.31. The summed E-state index contributed by atoms with van der Waals surface area (Å²) in [5.74, 6) is -0.346. The van der Waals surface area contributed by atoms with Gasteiger partial charge >= 0.3 is 0 Å². The number of nitrogens with one attached hydrogen (secondary N) is 2. The predicted octanol–water partition coefficient (Wildman–Crippen LogP) is 0.525. The molecule has 14 nitrogen and oxygen atoms in total. The Hall–Kier alpha value is -4.07. The highest BCUT2D eigenvalue weighted by Crippen LogP contribution is 2.22. The van der Waals surface area contributed by atoms with Crippen LogP contribution in [0.5, 0.6) is 0 Å². The lowest BCUT2D eigenvalue weighted by Crippen LogP contribution is -2.49. The van der Waals surface area contributed by atoms with Crippen LogP contribution in [0, 0.1) is 18.3 Å². The van der Waals surface area contributed by atoms with E-state index in [0.717, 1.165) is 6.26 Å². The lowest BCUT2D eigenvalue weighted by molar-refractivity contribution is 0.102. The summed E-state index contributed by atoms with van der Waals surface area (Å²) < 4.78 is 54.4. The highest BCUT2D eigenvalue weighted by atomic mass is 32.2. The Morgan fingerprint density at radius 2 is 1.71 bits per heavy atom. The minimum Gasteiger partial charge on any atom is -0.338 e. The van der Waals surface area contributed by atoms with Crippen LogP contribution in [0.1, 0.15) is 21.7 Å². The molecular weight excluding hydrogens is 534 g/mol. The number of aryl methyl sites for hydroxylation is 2. The molecule has 1 aliphatic heterocycles. The smallest absolute Gasteiger partial charge is 0.261 e. The quantitative estimate of drug-likeness (QED) is 0.414. The van der Waals surface area contributed by atoms with Gasteiger partial charge in [0.05, 0.1) is 11.2 Å². The van der Waals surface area contributed by atoms with Gasteiger partial charge in [0, 0.05) is 50.8 Å². The van der Waals surface area contributed by atoms with E-state index in [0.29, 0.717) is 30.4 Å². The molecule has 16 heteroatoms. The molecule has 1 saturated heterocycles. The standard InChI is InChI=1S/C22H25N9O5S2/c1-15-12-17(13-23)26-22(24-15)30-8-10-31(11-9-30)38(35,36)18-6-4-16(5-7-18)25-21(32)19-14-29(2)27-20(19)28-37(3,33)34/h4-7,12,14H,8-11H2,1-3H3,(H,25,32)(H,27,28). The van der Waals surface area contributed by atoms with E-state index in [1.807, 2.05) is 11.0 Å². The molecule has 3 heterocycles. The third-order valence-electron chi connectivity index (χ3n) is 5.58. The van der Waals surface area contributed by atoms with Crippen molar-refractivity contribution >= 4 is 43.4 Å². The van der Waals surface area contributed by atoms with Crippen molar-refractivity contribution in [1.29, 1.82) is 5.26 Å². The summed E-state index contributed by atoms with van der Waals surface area (Å²) in [4.78, 5) is 23.2. The first-order valence-electron chi connectivity index (χ1n) is 11.3. The molecule has 4 rings (SSSR count). The topological polar surface area (TPSA) is 183 Å². The number of aromatic nitrogens is 4. The van der Waals surface area contributed by atoms with Crippen molar-refractivity contribution in [1.82, 2.24) is 24.1 Å². The van der Waals surface area contributed by atoms with Crippen LogP contribution in [0.15, 0.2) is 41.4 Å². The molecule has 0 bridgehead atoms. The zero-order valence-electron chi connectivity index (χ0n) is 20.8. The van der Waals surface area contributed by atoms with Gasteiger partial charge in [-0.05, 0) is 37.3 Å². The van der Waals surface area contributed by atoms with E-state index < -0.39 is 26.0 Å². The SMILES string of the molecule is Cc1cc(C#N)nc(N2CCN(S(=O)(=O)c3ccc(NC(=O)c4cn(C)nc4NS(C)(=O)=O)cc3)CC2)n1. The van der Waals surface area contributed by atoms with E-state index in [2.05, 4.69) is 25.1 Å². The van der Waals surface area contributed by atoms with Crippen LogP contribution < -0.4 is 14.9 Å². The molecule has 0 spiro atoms. The second kappa shape index (κ2) is 10.4. The zero-order chi connectivity index (χ0) is 27.7. The first-order valence-corrected chi connectivity index (χ1v) is 14.6. The van der Waals surface area contributed by atoms with Crippen LogP contribution in [-0.4, -0.2) is 79.2 Å². The molecule has 0 radical (unpaired) electrons. The monoisotopic (exact) mass is 559 g/mol. The molecule has 1 amide bonds. The molecular formula is C22H25N9O5S2. The summed E-state index contributed by atoms with van der Waals surface area (Å²) in [6, 6.07) is 9.25. The van der Waals surface area contributed by atoms with Crippen LogP contribution in [-0.2, 0) is 27.1 Å². The van der Waals surface area contributed by atoms with Crippen LogP contribution in [0.25, 0.3) is 0 Å². The van der Waals surface area contributed by atoms with Gasteiger partial charge in [-0.1, -0.05) is 0 Å². The van der Waals surface area contributed by atoms with Gasteiger partial charge in [-0.3, -0.25) is 14.2 Å². The third-order valence-corrected chi connectivity index (χ3v) is 8.06. The summed E-state index contributed by atoms with van der Waals surface area (Å²) in [5.41, 5.74) is 1.23. The van der Waals surface area contributed by atoms with E-state index in [4.69, 9.17) is 5.26 Å². The number of amides is 1.